The molecular weight excluding hydrogens is 306 g/mol. The summed E-state index contributed by atoms with van der Waals surface area (Å²) in [6.45, 7) is 0. The molecule has 4 aromatic rings. The van der Waals surface area contributed by atoms with Crippen LogP contribution in [0.5, 0.6) is 5.75 Å². The number of ether oxygens (including phenoxy) is 1. The molecule has 3 heterocycles. The van der Waals surface area contributed by atoms with Gasteiger partial charge in [-0.05, 0) is 42.5 Å². The summed E-state index contributed by atoms with van der Waals surface area (Å²) in [5, 5.41) is 1.45. The standard InChI is InChI=1S/C18H13N3O3/c1-23-12-2-4-16-11(8-12)9-13(24-16)3-5-17-20-15-10-19-7-6-14(15)18(22)21-17/h2-10H,1H3,(H,20,21,22). The topological polar surface area (TPSA) is 81.0 Å². The Morgan fingerprint density at radius 3 is 3.00 bits per heavy atom. The molecule has 0 unspecified atom stereocenters. The fourth-order valence-corrected chi connectivity index (χ4v) is 2.50. The van der Waals surface area contributed by atoms with Crippen molar-refractivity contribution in [1.29, 1.82) is 0 Å². The molecule has 0 aliphatic heterocycles. The normalized spacial score (nSPS) is 11.5. The number of benzene rings is 1. The van der Waals surface area contributed by atoms with Gasteiger partial charge >= 0.3 is 0 Å². The van der Waals surface area contributed by atoms with Gasteiger partial charge in [0.2, 0.25) is 0 Å². The summed E-state index contributed by atoms with van der Waals surface area (Å²) in [5.41, 5.74) is 1.12. The van der Waals surface area contributed by atoms with E-state index in [0.29, 0.717) is 22.5 Å². The summed E-state index contributed by atoms with van der Waals surface area (Å²) in [6.07, 6.45) is 6.59. The second-order valence-corrected chi connectivity index (χ2v) is 5.23. The van der Waals surface area contributed by atoms with Crippen LogP contribution in [0.1, 0.15) is 11.6 Å². The van der Waals surface area contributed by atoms with E-state index in [-0.39, 0.29) is 5.56 Å². The number of H-pyrrole nitrogens is 1. The summed E-state index contributed by atoms with van der Waals surface area (Å²) in [5.74, 6) is 1.87. The maximum Gasteiger partial charge on any atom is 0.259 e. The second-order valence-electron chi connectivity index (χ2n) is 5.23. The van der Waals surface area contributed by atoms with Crippen LogP contribution in [0.25, 0.3) is 34.0 Å². The summed E-state index contributed by atoms with van der Waals surface area (Å²) >= 11 is 0. The van der Waals surface area contributed by atoms with Crippen LogP contribution in [0.3, 0.4) is 0 Å². The number of nitrogens with one attached hydrogen (secondary N) is 1. The molecule has 6 nitrogen and oxygen atoms in total. The van der Waals surface area contributed by atoms with Crippen LogP contribution < -0.4 is 10.3 Å². The van der Waals surface area contributed by atoms with E-state index in [2.05, 4.69) is 15.0 Å². The molecule has 0 atom stereocenters. The average Bonchev–Trinajstić information content (AvgIpc) is 3.02. The van der Waals surface area contributed by atoms with E-state index in [9.17, 15) is 4.79 Å². The lowest BCUT2D eigenvalue weighted by molar-refractivity contribution is 0.415. The SMILES string of the molecule is COc1ccc2oc(C=Cc3nc4cnccc4c(=O)[nH]3)cc2c1. The number of aromatic amines is 1. The lowest BCUT2D eigenvalue weighted by Crippen LogP contribution is -2.09. The number of pyridine rings is 1. The third-order valence-corrected chi connectivity index (χ3v) is 3.68. The molecule has 4 rings (SSSR count). The predicted molar refractivity (Wildman–Crippen MR) is 91.9 cm³/mol. The molecule has 24 heavy (non-hydrogen) atoms. The first kappa shape index (κ1) is 14.2. The molecule has 0 saturated heterocycles. The van der Waals surface area contributed by atoms with Gasteiger partial charge in [0.25, 0.3) is 5.56 Å². The van der Waals surface area contributed by atoms with Gasteiger partial charge in [0.05, 0.1) is 24.2 Å². The Balaban J connectivity index is 1.71. The van der Waals surface area contributed by atoms with Gasteiger partial charge in [0.1, 0.15) is 22.9 Å². The number of furan rings is 1. The monoisotopic (exact) mass is 319 g/mol. The lowest BCUT2D eigenvalue weighted by atomic mass is 10.2. The fourth-order valence-electron chi connectivity index (χ4n) is 2.50. The summed E-state index contributed by atoms with van der Waals surface area (Å²) in [7, 11) is 1.62. The first-order valence-corrected chi connectivity index (χ1v) is 7.33. The van der Waals surface area contributed by atoms with E-state index in [1.54, 1.807) is 37.7 Å². The molecule has 1 N–H and O–H groups in total. The molecule has 0 fully saturated rings. The Morgan fingerprint density at radius 1 is 1.21 bits per heavy atom. The van der Waals surface area contributed by atoms with Crippen LogP contribution in [0, 0.1) is 0 Å². The van der Waals surface area contributed by atoms with Gasteiger partial charge in [0, 0.05) is 11.6 Å². The largest absolute Gasteiger partial charge is 0.497 e. The molecule has 0 bridgehead atoms. The zero-order chi connectivity index (χ0) is 16.5. The third-order valence-electron chi connectivity index (χ3n) is 3.68. The van der Waals surface area contributed by atoms with E-state index >= 15 is 0 Å². The van der Waals surface area contributed by atoms with Crippen molar-refractivity contribution in [2.45, 2.75) is 0 Å². The maximum absolute atomic E-state index is 12.0. The van der Waals surface area contributed by atoms with Crippen LogP contribution in [0.2, 0.25) is 0 Å². The molecule has 118 valence electrons. The van der Waals surface area contributed by atoms with Crippen LogP contribution in [0.15, 0.2) is 51.9 Å². The van der Waals surface area contributed by atoms with Crippen molar-refractivity contribution >= 4 is 34.0 Å². The zero-order valence-electron chi connectivity index (χ0n) is 12.8. The van der Waals surface area contributed by atoms with Crippen LogP contribution in [-0.4, -0.2) is 22.1 Å². The quantitative estimate of drug-likeness (QED) is 0.627. The highest BCUT2D eigenvalue weighted by Crippen LogP contribution is 2.25. The average molecular weight is 319 g/mol. The Hall–Kier alpha value is -3.41. The molecular formula is C18H13N3O3. The molecule has 0 radical (unpaired) electrons. The van der Waals surface area contributed by atoms with Crippen LogP contribution in [-0.2, 0) is 0 Å². The fraction of sp³-hybridized carbons (Fsp3) is 0.0556. The third kappa shape index (κ3) is 2.54. The number of methoxy groups -OCH3 is 1. The smallest absolute Gasteiger partial charge is 0.259 e. The van der Waals surface area contributed by atoms with E-state index in [1.165, 1.54) is 0 Å². The molecule has 0 aliphatic rings. The van der Waals surface area contributed by atoms with Crippen molar-refractivity contribution < 1.29 is 9.15 Å². The van der Waals surface area contributed by atoms with E-state index < -0.39 is 0 Å². The predicted octanol–water partition coefficient (Wildman–Crippen LogP) is 3.24. The first-order chi connectivity index (χ1) is 11.7. The Kier molecular flexibility index (Phi) is 3.35. The molecule has 0 spiro atoms. The first-order valence-electron chi connectivity index (χ1n) is 7.33. The molecule has 6 heteroatoms. The van der Waals surface area contributed by atoms with Crippen molar-refractivity contribution in [3.63, 3.8) is 0 Å². The van der Waals surface area contributed by atoms with E-state index in [0.717, 1.165) is 16.7 Å². The minimum Gasteiger partial charge on any atom is -0.497 e. The summed E-state index contributed by atoms with van der Waals surface area (Å²) in [4.78, 5) is 23.1. The molecule has 3 aromatic heterocycles. The zero-order valence-corrected chi connectivity index (χ0v) is 12.8. The summed E-state index contributed by atoms with van der Waals surface area (Å²) < 4.78 is 10.9. The highest BCUT2D eigenvalue weighted by Gasteiger charge is 2.04. The van der Waals surface area contributed by atoms with Gasteiger partial charge in [0.15, 0.2) is 0 Å². The number of nitrogens with zero attached hydrogens (tertiary/aromatic N) is 2. The highest BCUT2D eigenvalue weighted by molar-refractivity contribution is 5.83. The number of rotatable bonds is 3. The Labute approximate surface area is 136 Å². The number of hydrogen-bond donors (Lipinski definition) is 1. The van der Waals surface area contributed by atoms with Crippen molar-refractivity contribution in [3.05, 3.63) is 64.7 Å². The molecule has 1 aromatic carbocycles. The van der Waals surface area contributed by atoms with Crippen molar-refractivity contribution in [1.82, 2.24) is 15.0 Å². The highest BCUT2D eigenvalue weighted by atomic mass is 16.5. The summed E-state index contributed by atoms with van der Waals surface area (Å²) in [6, 6.07) is 9.14. The number of aromatic nitrogens is 3. The van der Waals surface area contributed by atoms with Gasteiger partial charge < -0.3 is 14.1 Å². The van der Waals surface area contributed by atoms with Gasteiger partial charge in [-0.25, -0.2) is 4.98 Å². The van der Waals surface area contributed by atoms with Gasteiger partial charge in [-0.3, -0.25) is 9.78 Å². The second kappa shape index (κ2) is 5.66. The Bertz CT molecular complexity index is 1130. The van der Waals surface area contributed by atoms with E-state index in [1.807, 2.05) is 24.3 Å². The number of fused-ring (bicyclic) bond motifs is 2. The van der Waals surface area contributed by atoms with Crippen molar-refractivity contribution in [2.75, 3.05) is 7.11 Å². The van der Waals surface area contributed by atoms with Crippen LogP contribution >= 0.6 is 0 Å². The molecule has 0 aliphatic carbocycles. The van der Waals surface area contributed by atoms with Gasteiger partial charge in [-0.15, -0.1) is 0 Å². The lowest BCUT2D eigenvalue weighted by Gasteiger charge is -1.97. The van der Waals surface area contributed by atoms with Crippen molar-refractivity contribution in [3.8, 4) is 5.75 Å². The molecule has 0 saturated carbocycles. The minimum atomic E-state index is -0.198. The van der Waals surface area contributed by atoms with Gasteiger partial charge in [-0.2, -0.15) is 0 Å². The van der Waals surface area contributed by atoms with Gasteiger partial charge in [-0.1, -0.05) is 0 Å². The van der Waals surface area contributed by atoms with Crippen molar-refractivity contribution in [2.24, 2.45) is 0 Å². The number of hydrogen-bond acceptors (Lipinski definition) is 5. The Morgan fingerprint density at radius 2 is 2.12 bits per heavy atom. The van der Waals surface area contributed by atoms with Crippen LogP contribution in [0.4, 0.5) is 0 Å². The maximum atomic E-state index is 12.0. The molecule has 0 amide bonds. The minimum absolute atomic E-state index is 0.198. The van der Waals surface area contributed by atoms with E-state index in [4.69, 9.17) is 9.15 Å².